The number of nitrogens with one attached hydrogen (secondary N) is 2. The quantitative estimate of drug-likeness (QED) is 0.360. The fraction of sp³-hybridized carbons (Fsp3) is 0.700. The second-order valence-electron chi connectivity index (χ2n) is 5.24. The molecule has 0 radical (unpaired) electrons. The van der Waals surface area contributed by atoms with Gasteiger partial charge in [-0.05, 0) is 39.3 Å². The first kappa shape index (κ1) is 27.9. The van der Waals surface area contributed by atoms with Gasteiger partial charge in [-0.3, -0.25) is 5.32 Å². The van der Waals surface area contributed by atoms with Gasteiger partial charge in [-0.1, -0.05) is 65.5 Å². The largest absolute Gasteiger partial charge is 0.392 e. The van der Waals surface area contributed by atoms with E-state index in [4.69, 9.17) is 0 Å². The monoisotopic (exact) mass is 342 g/mol. The molecule has 0 heterocycles. The lowest BCUT2D eigenvalue weighted by Crippen LogP contribution is -2.53. The Morgan fingerprint density at radius 3 is 1.92 bits per heavy atom. The molecule has 0 aliphatic rings. The minimum atomic E-state index is -0.743. The lowest BCUT2D eigenvalue weighted by molar-refractivity contribution is 0.0493. The van der Waals surface area contributed by atoms with Crippen LogP contribution >= 0.6 is 0 Å². The van der Waals surface area contributed by atoms with Gasteiger partial charge in [0.2, 0.25) is 0 Å². The van der Waals surface area contributed by atoms with Crippen LogP contribution < -0.4 is 10.6 Å². The summed E-state index contributed by atoms with van der Waals surface area (Å²) in [6.45, 7) is 21.3. The molecular formula is C20H42N2O2. The van der Waals surface area contributed by atoms with Crippen molar-refractivity contribution in [1.82, 2.24) is 10.6 Å². The number of rotatable bonds is 10. The Kier molecular flexibility index (Phi) is 21.4. The predicted molar refractivity (Wildman–Crippen MR) is 108 cm³/mol. The summed E-state index contributed by atoms with van der Waals surface area (Å²) in [5.74, 6) is 0. The number of aliphatic hydroxyl groups is 2. The highest BCUT2D eigenvalue weighted by molar-refractivity contribution is 5.27. The van der Waals surface area contributed by atoms with Crippen LogP contribution in [0.25, 0.3) is 0 Å². The molecule has 0 saturated heterocycles. The van der Waals surface area contributed by atoms with Crippen molar-refractivity contribution < 1.29 is 10.2 Å². The van der Waals surface area contributed by atoms with Crippen molar-refractivity contribution in [3.8, 4) is 0 Å². The fourth-order valence-corrected chi connectivity index (χ4v) is 2.08. The third kappa shape index (κ3) is 13.5. The van der Waals surface area contributed by atoms with Gasteiger partial charge >= 0.3 is 0 Å². The van der Waals surface area contributed by atoms with E-state index >= 15 is 0 Å². The van der Waals surface area contributed by atoms with Gasteiger partial charge in [0.1, 0.15) is 6.23 Å². The van der Waals surface area contributed by atoms with E-state index in [2.05, 4.69) is 23.8 Å². The number of allylic oxidation sites excluding steroid dienone is 3. The summed E-state index contributed by atoms with van der Waals surface area (Å²) in [7, 11) is 1.81. The molecule has 0 saturated carbocycles. The second kappa shape index (κ2) is 18.4. The number of hydrogen-bond acceptors (Lipinski definition) is 4. The van der Waals surface area contributed by atoms with Crippen LogP contribution in [0.3, 0.4) is 0 Å². The van der Waals surface area contributed by atoms with Crippen LogP contribution in [0.5, 0.6) is 0 Å². The summed E-state index contributed by atoms with van der Waals surface area (Å²) < 4.78 is 0. The minimum Gasteiger partial charge on any atom is -0.392 e. The molecule has 0 aromatic rings. The zero-order valence-electron chi connectivity index (χ0n) is 17.2. The molecule has 0 bridgehead atoms. The van der Waals surface area contributed by atoms with E-state index in [9.17, 15) is 10.2 Å². The molecule has 144 valence electrons. The molecule has 4 atom stereocenters. The van der Waals surface area contributed by atoms with Crippen LogP contribution in [0.2, 0.25) is 0 Å². The molecule has 0 amide bonds. The summed E-state index contributed by atoms with van der Waals surface area (Å²) >= 11 is 0. The Balaban J connectivity index is -0.00000102. The molecule has 0 aliphatic heterocycles. The zero-order valence-corrected chi connectivity index (χ0v) is 17.2. The highest BCUT2D eigenvalue weighted by Gasteiger charge is 2.22. The third-order valence-corrected chi connectivity index (χ3v) is 3.31. The van der Waals surface area contributed by atoms with E-state index in [0.717, 1.165) is 17.6 Å². The van der Waals surface area contributed by atoms with Crippen molar-refractivity contribution in [3.05, 3.63) is 36.5 Å². The molecule has 4 nitrogen and oxygen atoms in total. The summed E-state index contributed by atoms with van der Waals surface area (Å²) in [6, 6.07) is -0.287. The molecule has 0 aromatic carbocycles. The van der Waals surface area contributed by atoms with Crippen molar-refractivity contribution in [1.29, 1.82) is 0 Å². The Hall–Kier alpha value is -0.940. The first-order chi connectivity index (χ1) is 11.3. The predicted octanol–water partition coefficient (Wildman–Crippen LogP) is 3.77. The number of likely N-dealkylation sites (N-methyl/N-ethyl adjacent to an activating group) is 1. The molecule has 4 heteroatoms. The molecule has 4 N–H and O–H groups in total. The number of hydrogen-bond donors (Lipinski definition) is 4. The zero-order chi connectivity index (χ0) is 19.7. The van der Waals surface area contributed by atoms with Crippen LogP contribution in [0, 0.1) is 0 Å². The maximum atomic E-state index is 10.3. The van der Waals surface area contributed by atoms with Gasteiger partial charge in [0.25, 0.3) is 0 Å². The second-order valence-corrected chi connectivity index (χ2v) is 5.24. The first-order valence-corrected chi connectivity index (χ1v) is 9.13. The van der Waals surface area contributed by atoms with Gasteiger partial charge in [-0.15, -0.1) is 0 Å². The maximum absolute atomic E-state index is 10.3. The van der Waals surface area contributed by atoms with Gasteiger partial charge in [0.05, 0.1) is 12.1 Å². The Bertz CT molecular complexity index is 339. The topological polar surface area (TPSA) is 64.5 Å². The van der Waals surface area contributed by atoms with Crippen LogP contribution in [0.1, 0.15) is 61.3 Å². The van der Waals surface area contributed by atoms with Crippen molar-refractivity contribution in [2.24, 2.45) is 0 Å². The van der Waals surface area contributed by atoms with Crippen LogP contribution in [-0.4, -0.2) is 41.7 Å². The first-order valence-electron chi connectivity index (χ1n) is 9.13. The lowest BCUT2D eigenvalue weighted by atomic mass is 10.0. The molecule has 0 aromatic heterocycles. The van der Waals surface area contributed by atoms with Crippen LogP contribution in [-0.2, 0) is 0 Å². The fourth-order valence-electron chi connectivity index (χ4n) is 2.08. The van der Waals surface area contributed by atoms with E-state index in [1.807, 2.05) is 47.6 Å². The lowest BCUT2D eigenvalue weighted by Gasteiger charge is -2.29. The van der Waals surface area contributed by atoms with Gasteiger partial charge in [0, 0.05) is 6.04 Å². The minimum absolute atomic E-state index is 0.127. The van der Waals surface area contributed by atoms with E-state index in [1.165, 1.54) is 0 Å². The Morgan fingerprint density at radius 2 is 1.62 bits per heavy atom. The molecule has 0 rings (SSSR count). The highest BCUT2D eigenvalue weighted by atomic mass is 16.3. The standard InChI is InChI=1S/C16H30N2O2.2C2H6/c1-7-13(9-11(3)4)10-15(17-6)16(20)18-14(8-2)12(5)19;2*1-2/h7,9,12,14-20H,1,3,8,10H2,2,4-6H3;2*1-2H3/b13-9+;;. The molecular weight excluding hydrogens is 300 g/mol. The summed E-state index contributed by atoms with van der Waals surface area (Å²) in [6.07, 6.45) is 3.87. The SMILES string of the molecule is C=C/C(=C\C(=C)C)CC(NC)C(O)NC(CC)C(C)O.CC.CC. The maximum Gasteiger partial charge on any atom is 0.121 e. The average Bonchev–Trinajstić information content (AvgIpc) is 2.58. The Labute approximate surface area is 150 Å². The van der Waals surface area contributed by atoms with Crippen molar-refractivity contribution in [3.63, 3.8) is 0 Å². The van der Waals surface area contributed by atoms with E-state index in [0.29, 0.717) is 6.42 Å². The average molecular weight is 343 g/mol. The molecule has 0 aliphatic carbocycles. The van der Waals surface area contributed by atoms with E-state index in [-0.39, 0.29) is 12.1 Å². The van der Waals surface area contributed by atoms with Gasteiger partial charge in [-0.2, -0.15) is 0 Å². The van der Waals surface area contributed by atoms with Crippen LogP contribution in [0.15, 0.2) is 36.5 Å². The van der Waals surface area contributed by atoms with E-state index in [1.54, 1.807) is 20.0 Å². The van der Waals surface area contributed by atoms with Crippen LogP contribution in [0.4, 0.5) is 0 Å². The molecule has 24 heavy (non-hydrogen) atoms. The van der Waals surface area contributed by atoms with Crippen molar-refractivity contribution in [2.75, 3.05) is 7.05 Å². The van der Waals surface area contributed by atoms with Crippen molar-refractivity contribution >= 4 is 0 Å². The normalized spacial score (nSPS) is 15.7. The van der Waals surface area contributed by atoms with Gasteiger partial charge in [-0.25, -0.2) is 0 Å². The molecule has 0 fully saturated rings. The highest BCUT2D eigenvalue weighted by Crippen LogP contribution is 2.12. The van der Waals surface area contributed by atoms with Gasteiger partial charge in [0.15, 0.2) is 0 Å². The summed E-state index contributed by atoms with van der Waals surface area (Å²) in [4.78, 5) is 0. The molecule has 0 spiro atoms. The smallest absolute Gasteiger partial charge is 0.121 e. The van der Waals surface area contributed by atoms with Gasteiger partial charge < -0.3 is 15.5 Å². The number of aliphatic hydroxyl groups excluding tert-OH is 2. The molecule has 4 unspecified atom stereocenters. The summed E-state index contributed by atoms with van der Waals surface area (Å²) in [5.41, 5.74) is 1.97. The summed E-state index contributed by atoms with van der Waals surface area (Å²) in [5, 5.41) is 26.1. The third-order valence-electron chi connectivity index (χ3n) is 3.31. The van der Waals surface area contributed by atoms with Crippen molar-refractivity contribution in [2.45, 2.75) is 85.7 Å². The van der Waals surface area contributed by atoms with E-state index < -0.39 is 12.3 Å². The Morgan fingerprint density at radius 1 is 1.12 bits per heavy atom.